The summed E-state index contributed by atoms with van der Waals surface area (Å²) < 4.78 is 5.12. The Labute approximate surface area is 135 Å². The van der Waals surface area contributed by atoms with Crippen LogP contribution in [-0.2, 0) is 11.2 Å². The maximum Gasteiger partial charge on any atom is 0.329 e. The third-order valence-electron chi connectivity index (χ3n) is 3.18. The zero-order valence-corrected chi connectivity index (χ0v) is 13.5. The van der Waals surface area contributed by atoms with E-state index in [2.05, 4.69) is 16.9 Å². The highest BCUT2D eigenvalue weighted by Crippen LogP contribution is 2.20. The summed E-state index contributed by atoms with van der Waals surface area (Å²) in [5.74, 6) is 0.649. The number of aromatic nitrogens is 2. The van der Waals surface area contributed by atoms with Gasteiger partial charge in [-0.15, -0.1) is 11.6 Å². The van der Waals surface area contributed by atoms with Gasteiger partial charge in [-0.1, -0.05) is 13.3 Å². The Morgan fingerprint density at radius 2 is 1.86 bits per heavy atom. The summed E-state index contributed by atoms with van der Waals surface area (Å²) in [5, 5.41) is -0.668. The van der Waals surface area contributed by atoms with Crippen LogP contribution in [0.4, 0.5) is 0 Å². The SMILES string of the molecule is CCCCc1cnc(-c2ccc(OC(=O)[C@@H](C)Cl)cc2)nc1. The first-order valence-corrected chi connectivity index (χ1v) is 7.81. The van der Waals surface area contributed by atoms with Crippen LogP contribution in [0.3, 0.4) is 0 Å². The minimum atomic E-state index is -0.668. The van der Waals surface area contributed by atoms with Gasteiger partial charge in [0.1, 0.15) is 11.1 Å². The number of hydrogen-bond acceptors (Lipinski definition) is 4. The lowest BCUT2D eigenvalue weighted by molar-refractivity contribution is -0.133. The van der Waals surface area contributed by atoms with Gasteiger partial charge in [0.05, 0.1) is 0 Å². The second kappa shape index (κ2) is 7.90. The molecule has 0 saturated carbocycles. The lowest BCUT2D eigenvalue weighted by Gasteiger charge is -2.06. The minimum absolute atomic E-state index is 0.459. The number of halogens is 1. The van der Waals surface area contributed by atoms with Gasteiger partial charge >= 0.3 is 5.97 Å². The number of alkyl halides is 1. The topological polar surface area (TPSA) is 52.1 Å². The fourth-order valence-corrected chi connectivity index (χ4v) is 1.93. The van der Waals surface area contributed by atoms with E-state index in [4.69, 9.17) is 16.3 Å². The van der Waals surface area contributed by atoms with Crippen molar-refractivity contribution in [1.29, 1.82) is 0 Å². The quantitative estimate of drug-likeness (QED) is 0.458. The van der Waals surface area contributed by atoms with Crippen LogP contribution in [0.5, 0.6) is 5.75 Å². The maximum absolute atomic E-state index is 11.4. The number of esters is 1. The van der Waals surface area contributed by atoms with Crippen molar-refractivity contribution in [2.24, 2.45) is 0 Å². The van der Waals surface area contributed by atoms with Crippen LogP contribution in [-0.4, -0.2) is 21.3 Å². The van der Waals surface area contributed by atoms with Crippen LogP contribution >= 0.6 is 11.6 Å². The van der Waals surface area contributed by atoms with Gasteiger partial charge in [0.15, 0.2) is 5.82 Å². The second-order valence-electron chi connectivity index (χ2n) is 5.08. The van der Waals surface area contributed by atoms with Gasteiger partial charge in [0.25, 0.3) is 0 Å². The number of aryl methyl sites for hydroxylation is 1. The molecule has 2 aromatic rings. The highest BCUT2D eigenvalue weighted by Gasteiger charge is 2.11. The van der Waals surface area contributed by atoms with E-state index < -0.39 is 11.3 Å². The van der Waals surface area contributed by atoms with Crippen LogP contribution in [0.25, 0.3) is 11.4 Å². The Bertz CT molecular complexity index is 610. The average molecular weight is 319 g/mol. The van der Waals surface area contributed by atoms with Gasteiger partial charge < -0.3 is 4.74 Å². The molecule has 22 heavy (non-hydrogen) atoms. The molecule has 0 saturated heterocycles. The summed E-state index contributed by atoms with van der Waals surface area (Å²) in [6.45, 7) is 3.74. The second-order valence-corrected chi connectivity index (χ2v) is 5.73. The number of carbonyl (C=O) groups excluding carboxylic acids is 1. The summed E-state index contributed by atoms with van der Waals surface area (Å²) in [6.07, 6.45) is 7.02. The fourth-order valence-electron chi connectivity index (χ4n) is 1.88. The molecular weight excluding hydrogens is 300 g/mol. The van der Waals surface area contributed by atoms with Gasteiger partial charge in [-0.2, -0.15) is 0 Å². The third kappa shape index (κ3) is 4.53. The molecule has 0 unspecified atom stereocenters. The number of nitrogens with zero attached hydrogens (tertiary/aromatic N) is 2. The van der Waals surface area contributed by atoms with Crippen LogP contribution < -0.4 is 4.74 Å². The molecule has 116 valence electrons. The third-order valence-corrected chi connectivity index (χ3v) is 3.36. The first-order chi connectivity index (χ1) is 10.6. The Morgan fingerprint density at radius 1 is 1.23 bits per heavy atom. The normalized spacial score (nSPS) is 12.0. The predicted octanol–water partition coefficient (Wildman–Crippen LogP) is 4.02. The van der Waals surface area contributed by atoms with E-state index in [0.29, 0.717) is 11.6 Å². The van der Waals surface area contributed by atoms with Crippen molar-refractivity contribution in [3.05, 3.63) is 42.2 Å². The van der Waals surface area contributed by atoms with Crippen LogP contribution in [0.2, 0.25) is 0 Å². The molecule has 1 heterocycles. The molecule has 0 aliphatic heterocycles. The monoisotopic (exact) mass is 318 g/mol. The van der Waals surface area contributed by atoms with Crippen molar-refractivity contribution < 1.29 is 9.53 Å². The van der Waals surface area contributed by atoms with E-state index in [0.717, 1.165) is 30.4 Å². The summed E-state index contributed by atoms with van der Waals surface area (Å²) >= 11 is 5.66. The van der Waals surface area contributed by atoms with E-state index in [1.807, 2.05) is 24.5 Å². The fraction of sp³-hybridized carbons (Fsp3) is 0.353. The molecule has 1 aromatic carbocycles. The van der Waals surface area contributed by atoms with Crippen LogP contribution in [0.1, 0.15) is 32.3 Å². The molecule has 1 atom stereocenters. The van der Waals surface area contributed by atoms with Crippen molar-refractivity contribution in [2.75, 3.05) is 0 Å². The molecule has 0 amide bonds. The largest absolute Gasteiger partial charge is 0.425 e. The highest BCUT2D eigenvalue weighted by molar-refractivity contribution is 6.29. The van der Waals surface area contributed by atoms with Crippen molar-refractivity contribution in [3.8, 4) is 17.1 Å². The number of unbranched alkanes of at least 4 members (excludes halogenated alkanes) is 1. The average Bonchev–Trinajstić information content (AvgIpc) is 2.54. The molecule has 0 fully saturated rings. The maximum atomic E-state index is 11.4. The molecule has 5 heteroatoms. The molecule has 0 aliphatic rings. The molecule has 0 spiro atoms. The molecule has 0 radical (unpaired) electrons. The Morgan fingerprint density at radius 3 is 2.41 bits per heavy atom. The van der Waals surface area contributed by atoms with Crippen LogP contribution in [0.15, 0.2) is 36.7 Å². The summed E-state index contributed by atoms with van der Waals surface area (Å²) in [6, 6.07) is 7.06. The number of benzene rings is 1. The van der Waals surface area contributed by atoms with E-state index in [9.17, 15) is 4.79 Å². The summed E-state index contributed by atoms with van der Waals surface area (Å²) in [4.78, 5) is 20.2. The van der Waals surface area contributed by atoms with E-state index >= 15 is 0 Å². The first kappa shape index (κ1) is 16.4. The standard InChI is InChI=1S/C17H19ClN2O2/c1-3-4-5-13-10-19-16(20-11-13)14-6-8-15(9-7-14)22-17(21)12(2)18/h6-12H,3-5H2,1-2H3/t12-/m1/s1. The van der Waals surface area contributed by atoms with Crippen molar-refractivity contribution in [2.45, 2.75) is 38.5 Å². The van der Waals surface area contributed by atoms with Gasteiger partial charge in [0, 0.05) is 18.0 Å². The van der Waals surface area contributed by atoms with E-state index in [-0.39, 0.29) is 0 Å². The molecule has 4 nitrogen and oxygen atoms in total. The zero-order chi connectivity index (χ0) is 15.9. The number of ether oxygens (including phenoxy) is 1. The van der Waals surface area contributed by atoms with E-state index in [1.54, 1.807) is 19.1 Å². The Balaban J connectivity index is 2.05. The van der Waals surface area contributed by atoms with Gasteiger partial charge in [-0.05, 0) is 49.6 Å². The Kier molecular flexibility index (Phi) is 5.90. The van der Waals surface area contributed by atoms with Crippen LogP contribution in [0, 0.1) is 0 Å². The summed E-state index contributed by atoms with van der Waals surface area (Å²) in [5.41, 5.74) is 2.02. The highest BCUT2D eigenvalue weighted by atomic mass is 35.5. The van der Waals surface area contributed by atoms with Gasteiger partial charge in [-0.3, -0.25) is 4.79 Å². The Hall–Kier alpha value is -1.94. The first-order valence-electron chi connectivity index (χ1n) is 7.37. The van der Waals surface area contributed by atoms with Gasteiger partial charge in [0.2, 0.25) is 0 Å². The molecule has 1 aromatic heterocycles. The smallest absolute Gasteiger partial charge is 0.329 e. The van der Waals surface area contributed by atoms with E-state index in [1.165, 1.54) is 0 Å². The molecule has 2 rings (SSSR count). The molecule has 0 N–H and O–H groups in total. The minimum Gasteiger partial charge on any atom is -0.425 e. The zero-order valence-electron chi connectivity index (χ0n) is 12.8. The molecule has 0 aliphatic carbocycles. The lowest BCUT2D eigenvalue weighted by Crippen LogP contribution is -2.17. The number of carbonyl (C=O) groups is 1. The predicted molar refractivity (Wildman–Crippen MR) is 87.0 cm³/mol. The molecule has 0 bridgehead atoms. The molecular formula is C17H19ClN2O2. The van der Waals surface area contributed by atoms with Crippen molar-refractivity contribution in [3.63, 3.8) is 0 Å². The van der Waals surface area contributed by atoms with Crippen molar-refractivity contribution in [1.82, 2.24) is 9.97 Å². The lowest BCUT2D eigenvalue weighted by atomic mass is 10.1. The van der Waals surface area contributed by atoms with Crippen molar-refractivity contribution >= 4 is 17.6 Å². The number of rotatable bonds is 6. The van der Waals surface area contributed by atoms with Gasteiger partial charge in [-0.25, -0.2) is 9.97 Å². The summed E-state index contributed by atoms with van der Waals surface area (Å²) in [7, 11) is 0. The number of hydrogen-bond donors (Lipinski definition) is 0.